The quantitative estimate of drug-likeness (QED) is 0.417. The summed E-state index contributed by atoms with van der Waals surface area (Å²) in [6.45, 7) is 5.66. The highest BCUT2D eigenvalue weighted by atomic mass is 127. The minimum Gasteiger partial charge on any atom is -0.357 e. The predicted octanol–water partition coefficient (Wildman–Crippen LogP) is 2.85. The van der Waals surface area contributed by atoms with Crippen LogP contribution < -0.4 is 5.32 Å². The van der Waals surface area contributed by atoms with E-state index in [9.17, 15) is 0 Å². The zero-order chi connectivity index (χ0) is 17.5. The molecule has 1 N–H and O–H groups in total. The van der Waals surface area contributed by atoms with E-state index in [4.69, 9.17) is 4.99 Å². The second-order valence-electron chi connectivity index (χ2n) is 6.65. The van der Waals surface area contributed by atoms with E-state index in [1.807, 2.05) is 11.6 Å². The lowest BCUT2D eigenvalue weighted by molar-refractivity contribution is 0.259. The van der Waals surface area contributed by atoms with Crippen molar-refractivity contribution in [3.05, 3.63) is 48.0 Å². The molecule has 0 spiro atoms. The van der Waals surface area contributed by atoms with E-state index >= 15 is 0 Å². The van der Waals surface area contributed by atoms with Gasteiger partial charge < -0.3 is 14.8 Å². The molecule has 7 heteroatoms. The van der Waals surface area contributed by atoms with Gasteiger partial charge in [-0.2, -0.15) is 0 Å². The molecule has 0 radical (unpaired) electrons. The van der Waals surface area contributed by atoms with Crippen molar-refractivity contribution in [2.24, 2.45) is 18.0 Å². The molecule has 26 heavy (non-hydrogen) atoms. The topological polar surface area (TPSA) is 58.3 Å². The predicted molar refractivity (Wildman–Crippen MR) is 116 cm³/mol. The molecule has 0 atom stereocenters. The third-order valence-electron chi connectivity index (χ3n) is 4.79. The number of piperidine rings is 1. The monoisotopic (exact) mass is 468 g/mol. The number of aromatic nitrogens is 3. The van der Waals surface area contributed by atoms with Gasteiger partial charge in [-0.3, -0.25) is 0 Å². The molecule has 2 heterocycles. The average Bonchev–Trinajstić information content (AvgIpc) is 3.05. The van der Waals surface area contributed by atoms with Crippen LogP contribution >= 0.6 is 24.0 Å². The Bertz CT molecular complexity index is 676. The molecular formula is C19H29IN6. The summed E-state index contributed by atoms with van der Waals surface area (Å²) in [6, 6.07) is 10.8. The second kappa shape index (κ2) is 10.5. The molecule has 1 saturated heterocycles. The van der Waals surface area contributed by atoms with Gasteiger partial charge in [-0.15, -0.1) is 34.2 Å². The summed E-state index contributed by atoms with van der Waals surface area (Å²) in [5, 5.41) is 11.4. The molecule has 2 aromatic rings. The number of aryl methyl sites for hydroxylation is 1. The van der Waals surface area contributed by atoms with Crippen LogP contribution in [-0.2, 0) is 20.0 Å². The Hall–Kier alpha value is -1.64. The number of likely N-dealkylation sites (tertiary alicyclic amines) is 1. The van der Waals surface area contributed by atoms with Crippen molar-refractivity contribution in [2.75, 3.05) is 19.6 Å². The van der Waals surface area contributed by atoms with Crippen molar-refractivity contribution in [1.82, 2.24) is 25.0 Å². The number of benzene rings is 1. The van der Waals surface area contributed by atoms with Crippen LogP contribution in [0.1, 0.15) is 31.2 Å². The third-order valence-corrected chi connectivity index (χ3v) is 4.79. The number of nitrogens with one attached hydrogen (secondary N) is 1. The number of hydrogen-bond donors (Lipinski definition) is 1. The highest BCUT2D eigenvalue weighted by Gasteiger charge is 2.21. The standard InChI is InChI=1S/C19H28N6.HI/c1-3-20-19(21-14-18-23-22-15-24(18)2)25-11-9-17(10-12-25)13-16-7-5-4-6-8-16;/h4-8,15,17H,3,9-14H2,1-2H3,(H,20,21);1H. The van der Waals surface area contributed by atoms with E-state index in [1.165, 1.54) is 24.8 Å². The van der Waals surface area contributed by atoms with Gasteiger partial charge in [-0.1, -0.05) is 30.3 Å². The van der Waals surface area contributed by atoms with E-state index in [-0.39, 0.29) is 24.0 Å². The molecule has 142 valence electrons. The summed E-state index contributed by atoms with van der Waals surface area (Å²) in [5.74, 6) is 2.64. The lowest BCUT2D eigenvalue weighted by atomic mass is 9.90. The first-order chi connectivity index (χ1) is 12.3. The number of aliphatic imine (C=N–C) groups is 1. The van der Waals surface area contributed by atoms with E-state index < -0.39 is 0 Å². The Morgan fingerprint density at radius 3 is 2.58 bits per heavy atom. The van der Waals surface area contributed by atoms with Crippen molar-refractivity contribution in [1.29, 1.82) is 0 Å². The van der Waals surface area contributed by atoms with Crippen LogP contribution in [0, 0.1) is 5.92 Å². The highest BCUT2D eigenvalue weighted by molar-refractivity contribution is 14.0. The Labute approximate surface area is 173 Å². The van der Waals surface area contributed by atoms with Gasteiger partial charge >= 0.3 is 0 Å². The van der Waals surface area contributed by atoms with Crippen LogP contribution in [0.15, 0.2) is 41.7 Å². The van der Waals surface area contributed by atoms with Crippen molar-refractivity contribution in [2.45, 2.75) is 32.7 Å². The van der Waals surface area contributed by atoms with Gasteiger partial charge in [0, 0.05) is 26.7 Å². The number of halogens is 1. The van der Waals surface area contributed by atoms with Crippen molar-refractivity contribution in [3.8, 4) is 0 Å². The van der Waals surface area contributed by atoms with Crippen LogP contribution in [0.4, 0.5) is 0 Å². The van der Waals surface area contributed by atoms with Crippen LogP contribution in [0.2, 0.25) is 0 Å². The summed E-state index contributed by atoms with van der Waals surface area (Å²) in [4.78, 5) is 7.13. The normalized spacial score (nSPS) is 15.6. The van der Waals surface area contributed by atoms with Gasteiger partial charge in [0.15, 0.2) is 11.8 Å². The minimum atomic E-state index is 0. The first-order valence-electron chi connectivity index (χ1n) is 9.16. The average molecular weight is 468 g/mol. The molecule has 1 fully saturated rings. The molecule has 1 aromatic carbocycles. The summed E-state index contributed by atoms with van der Waals surface area (Å²) in [5.41, 5.74) is 1.45. The number of rotatable bonds is 5. The van der Waals surface area contributed by atoms with E-state index in [2.05, 4.69) is 57.7 Å². The molecule has 0 amide bonds. The minimum absolute atomic E-state index is 0. The number of hydrogen-bond acceptors (Lipinski definition) is 3. The molecule has 0 aliphatic carbocycles. The van der Waals surface area contributed by atoms with Crippen molar-refractivity contribution < 1.29 is 0 Å². The molecule has 0 bridgehead atoms. The Morgan fingerprint density at radius 2 is 1.96 bits per heavy atom. The summed E-state index contributed by atoms with van der Waals surface area (Å²) >= 11 is 0. The van der Waals surface area contributed by atoms with E-state index in [1.54, 1.807) is 6.33 Å². The lowest BCUT2D eigenvalue weighted by Gasteiger charge is -2.34. The maximum atomic E-state index is 4.76. The fourth-order valence-electron chi connectivity index (χ4n) is 3.32. The highest BCUT2D eigenvalue weighted by Crippen LogP contribution is 2.21. The third kappa shape index (κ3) is 5.69. The van der Waals surface area contributed by atoms with E-state index in [0.717, 1.165) is 37.3 Å². The van der Waals surface area contributed by atoms with Crippen LogP contribution in [-0.4, -0.2) is 45.3 Å². The van der Waals surface area contributed by atoms with Crippen molar-refractivity contribution in [3.63, 3.8) is 0 Å². The number of guanidine groups is 1. The van der Waals surface area contributed by atoms with Crippen molar-refractivity contribution >= 4 is 29.9 Å². The van der Waals surface area contributed by atoms with Gasteiger partial charge in [0.2, 0.25) is 0 Å². The maximum Gasteiger partial charge on any atom is 0.194 e. The number of nitrogens with zero attached hydrogens (tertiary/aromatic N) is 5. The zero-order valence-electron chi connectivity index (χ0n) is 15.6. The fourth-order valence-corrected chi connectivity index (χ4v) is 3.32. The Kier molecular flexibility index (Phi) is 8.34. The summed E-state index contributed by atoms with van der Waals surface area (Å²) in [6.07, 6.45) is 5.32. The largest absolute Gasteiger partial charge is 0.357 e. The molecule has 0 unspecified atom stereocenters. The fraction of sp³-hybridized carbons (Fsp3) is 0.526. The summed E-state index contributed by atoms with van der Waals surface area (Å²) < 4.78 is 1.92. The van der Waals surface area contributed by atoms with E-state index in [0.29, 0.717) is 6.54 Å². The Balaban J connectivity index is 0.00000243. The van der Waals surface area contributed by atoms with Crippen LogP contribution in [0.25, 0.3) is 0 Å². The van der Waals surface area contributed by atoms with Gasteiger partial charge in [-0.25, -0.2) is 4.99 Å². The SMILES string of the molecule is CCNC(=NCc1nncn1C)N1CCC(Cc2ccccc2)CC1.I. The zero-order valence-corrected chi connectivity index (χ0v) is 18.0. The van der Waals surface area contributed by atoms with Crippen LogP contribution in [0.5, 0.6) is 0 Å². The Morgan fingerprint density at radius 1 is 1.23 bits per heavy atom. The molecular weight excluding hydrogens is 439 g/mol. The molecule has 3 rings (SSSR count). The smallest absolute Gasteiger partial charge is 0.194 e. The molecule has 1 aromatic heterocycles. The molecule has 6 nitrogen and oxygen atoms in total. The van der Waals surface area contributed by atoms with Gasteiger partial charge in [-0.05, 0) is 37.7 Å². The molecule has 1 aliphatic rings. The maximum absolute atomic E-state index is 4.76. The first-order valence-corrected chi connectivity index (χ1v) is 9.16. The lowest BCUT2D eigenvalue weighted by Crippen LogP contribution is -2.45. The first kappa shape index (κ1) is 20.7. The van der Waals surface area contributed by atoms with Gasteiger partial charge in [0.05, 0.1) is 0 Å². The van der Waals surface area contributed by atoms with Gasteiger partial charge in [0.1, 0.15) is 12.9 Å². The van der Waals surface area contributed by atoms with Gasteiger partial charge in [0.25, 0.3) is 0 Å². The molecule has 1 aliphatic heterocycles. The van der Waals surface area contributed by atoms with Crippen LogP contribution in [0.3, 0.4) is 0 Å². The summed E-state index contributed by atoms with van der Waals surface area (Å²) in [7, 11) is 1.95. The second-order valence-corrected chi connectivity index (χ2v) is 6.65. The molecule has 0 saturated carbocycles.